The van der Waals surface area contributed by atoms with Crippen LogP contribution in [0.5, 0.6) is 0 Å². The molecular formula is C41H26N2O3. The van der Waals surface area contributed by atoms with Gasteiger partial charge in [-0.05, 0) is 85.0 Å². The van der Waals surface area contributed by atoms with Crippen LogP contribution in [0.15, 0.2) is 147 Å². The number of para-hydroxylation sites is 2. The topological polar surface area (TPSA) is 55.6 Å². The minimum Gasteiger partial charge on any atom is -0.456 e. The number of anilines is 3. The van der Waals surface area contributed by atoms with Crippen molar-refractivity contribution < 1.29 is 13.3 Å². The number of benzene rings is 6. The van der Waals surface area contributed by atoms with Crippen molar-refractivity contribution in [3.63, 3.8) is 0 Å². The predicted octanol–water partition coefficient (Wildman–Crippen LogP) is 12.0. The number of allylic oxidation sites excluding steroid dienone is 4. The Bertz CT molecular complexity index is 2720. The second kappa shape index (κ2) is 9.71. The third-order valence-electron chi connectivity index (χ3n) is 9.09. The van der Waals surface area contributed by atoms with Crippen LogP contribution in [0.1, 0.15) is 18.7 Å². The number of hydrogen-bond donors (Lipinski definition) is 0. The Balaban J connectivity index is 1.17. The van der Waals surface area contributed by atoms with E-state index < -0.39 is 0 Å². The maximum Gasteiger partial charge on any atom is 0.227 e. The van der Waals surface area contributed by atoms with Gasteiger partial charge in [0, 0.05) is 55.6 Å². The second-order valence-corrected chi connectivity index (χ2v) is 11.9. The maximum atomic E-state index is 6.38. The highest BCUT2D eigenvalue weighted by Crippen LogP contribution is 2.42. The van der Waals surface area contributed by atoms with Crippen molar-refractivity contribution >= 4 is 88.4 Å². The van der Waals surface area contributed by atoms with Crippen molar-refractivity contribution in [3.05, 3.63) is 139 Å². The van der Waals surface area contributed by atoms with Crippen molar-refractivity contribution in [3.8, 4) is 0 Å². The summed E-state index contributed by atoms with van der Waals surface area (Å²) in [7, 11) is 0. The van der Waals surface area contributed by atoms with Crippen LogP contribution in [0.25, 0.3) is 71.3 Å². The number of furan rings is 2. The minimum absolute atomic E-state index is 0.670. The van der Waals surface area contributed by atoms with Crippen molar-refractivity contribution in [1.29, 1.82) is 0 Å². The van der Waals surface area contributed by atoms with Gasteiger partial charge in [-0.15, -0.1) is 0 Å². The summed E-state index contributed by atoms with van der Waals surface area (Å²) in [6.07, 6.45) is 8.53. The number of hydrogen-bond acceptors (Lipinski definition) is 5. The Kier molecular flexibility index (Phi) is 5.34. The summed E-state index contributed by atoms with van der Waals surface area (Å²) in [5.41, 5.74) is 9.22. The molecule has 0 bridgehead atoms. The first kappa shape index (κ1) is 25.3. The van der Waals surface area contributed by atoms with Crippen LogP contribution in [0.3, 0.4) is 0 Å². The van der Waals surface area contributed by atoms with Crippen LogP contribution in [0.4, 0.5) is 17.1 Å². The van der Waals surface area contributed by atoms with E-state index in [9.17, 15) is 0 Å². The lowest BCUT2D eigenvalue weighted by Crippen LogP contribution is -2.09. The lowest BCUT2D eigenvalue weighted by atomic mass is 10.1. The molecule has 0 N–H and O–H groups in total. The fraction of sp³-hybridized carbons (Fsp3) is 0.0488. The Morgan fingerprint density at radius 2 is 1.20 bits per heavy atom. The molecule has 10 rings (SSSR count). The second-order valence-electron chi connectivity index (χ2n) is 11.9. The molecule has 3 heterocycles. The van der Waals surface area contributed by atoms with E-state index in [1.165, 1.54) is 0 Å². The predicted molar refractivity (Wildman–Crippen MR) is 187 cm³/mol. The van der Waals surface area contributed by atoms with E-state index in [-0.39, 0.29) is 0 Å². The van der Waals surface area contributed by atoms with E-state index in [1.54, 1.807) is 0 Å². The smallest absolute Gasteiger partial charge is 0.227 e. The van der Waals surface area contributed by atoms with Gasteiger partial charge in [0.15, 0.2) is 5.58 Å². The van der Waals surface area contributed by atoms with Gasteiger partial charge >= 0.3 is 0 Å². The molecule has 46 heavy (non-hydrogen) atoms. The van der Waals surface area contributed by atoms with Gasteiger partial charge in [-0.1, -0.05) is 60.7 Å². The first-order valence-corrected chi connectivity index (χ1v) is 15.6. The molecule has 0 fully saturated rings. The summed E-state index contributed by atoms with van der Waals surface area (Å²) in [4.78, 5) is 7.10. The molecule has 0 atom stereocenters. The number of rotatable bonds is 4. The van der Waals surface area contributed by atoms with E-state index >= 15 is 0 Å². The zero-order valence-corrected chi connectivity index (χ0v) is 24.7. The summed E-state index contributed by atoms with van der Waals surface area (Å²) in [6.45, 7) is 0. The van der Waals surface area contributed by atoms with Gasteiger partial charge in [0.2, 0.25) is 5.89 Å². The molecule has 5 nitrogen and oxygen atoms in total. The van der Waals surface area contributed by atoms with Gasteiger partial charge in [-0.2, -0.15) is 0 Å². The van der Waals surface area contributed by atoms with Gasteiger partial charge in [0.1, 0.15) is 27.8 Å². The number of oxazole rings is 1. The lowest BCUT2D eigenvalue weighted by Gasteiger charge is -2.26. The van der Waals surface area contributed by atoms with Crippen LogP contribution in [-0.2, 0) is 0 Å². The van der Waals surface area contributed by atoms with Gasteiger partial charge in [-0.3, -0.25) is 0 Å². The van der Waals surface area contributed by atoms with E-state index in [0.717, 1.165) is 101 Å². The molecular weight excluding hydrogens is 568 g/mol. The molecule has 0 unspecified atom stereocenters. The molecule has 0 aliphatic heterocycles. The van der Waals surface area contributed by atoms with E-state index in [0.29, 0.717) is 5.89 Å². The monoisotopic (exact) mass is 594 g/mol. The fourth-order valence-electron chi connectivity index (χ4n) is 6.89. The highest BCUT2D eigenvalue weighted by molar-refractivity contribution is 6.09. The highest BCUT2D eigenvalue weighted by atomic mass is 16.3. The van der Waals surface area contributed by atoms with E-state index in [2.05, 4.69) is 108 Å². The Labute approximate surface area is 263 Å². The minimum atomic E-state index is 0.670. The quantitative estimate of drug-likeness (QED) is 0.203. The maximum absolute atomic E-state index is 6.38. The van der Waals surface area contributed by atoms with Crippen molar-refractivity contribution in [1.82, 2.24) is 4.98 Å². The zero-order valence-electron chi connectivity index (χ0n) is 24.7. The average molecular weight is 595 g/mol. The first-order chi connectivity index (χ1) is 22.8. The number of nitrogens with zero attached hydrogens (tertiary/aromatic N) is 2. The molecule has 9 aromatic rings. The van der Waals surface area contributed by atoms with Crippen molar-refractivity contribution in [2.24, 2.45) is 0 Å². The number of fused-ring (bicyclic) bond motifs is 9. The summed E-state index contributed by atoms with van der Waals surface area (Å²) in [5.74, 6) is 0.670. The van der Waals surface area contributed by atoms with Crippen LogP contribution in [-0.4, -0.2) is 4.98 Å². The lowest BCUT2D eigenvalue weighted by molar-refractivity contribution is 0.588. The summed E-state index contributed by atoms with van der Waals surface area (Å²) >= 11 is 0. The van der Waals surface area contributed by atoms with E-state index in [1.807, 2.05) is 30.3 Å². The third kappa shape index (κ3) is 3.85. The van der Waals surface area contributed by atoms with Gasteiger partial charge < -0.3 is 18.2 Å². The van der Waals surface area contributed by atoms with Crippen LogP contribution in [0, 0.1) is 0 Å². The molecule has 0 saturated carbocycles. The molecule has 1 aliphatic rings. The SMILES string of the molecule is C1=CC(c2nc3ccc4cc(N(c5ccc6c(c5)oc5ccccc56)c5ccc6oc7ccccc7c6c5)ccc4c3o2)=CCC1. The molecule has 0 spiro atoms. The molecule has 0 amide bonds. The molecule has 218 valence electrons. The average Bonchev–Trinajstić information content (AvgIpc) is 3.82. The fourth-order valence-corrected chi connectivity index (χ4v) is 6.89. The Hall–Kier alpha value is -6.07. The van der Waals surface area contributed by atoms with Crippen molar-refractivity contribution in [2.75, 3.05) is 4.90 Å². The Morgan fingerprint density at radius 3 is 2.02 bits per heavy atom. The molecule has 0 radical (unpaired) electrons. The van der Waals surface area contributed by atoms with Gasteiger partial charge in [-0.25, -0.2) is 4.98 Å². The molecule has 3 aromatic heterocycles. The molecule has 0 saturated heterocycles. The number of aromatic nitrogens is 1. The summed E-state index contributed by atoms with van der Waals surface area (Å²) in [6, 6.07) is 39.9. The third-order valence-corrected chi connectivity index (χ3v) is 9.09. The largest absolute Gasteiger partial charge is 0.456 e. The molecule has 5 heteroatoms. The normalized spacial score (nSPS) is 13.5. The van der Waals surface area contributed by atoms with Crippen molar-refractivity contribution in [2.45, 2.75) is 12.8 Å². The molecule has 1 aliphatic carbocycles. The standard InChI is InChI=1S/C41H26N2O3/c1-2-8-25(9-3-1)41-42-35-20-14-26-22-27(15-18-30(26)40(35)46-41)43(28-17-21-38-34(23-28)32-11-5-7-13-37(32)44-38)29-16-19-33-31-10-4-6-12-36(31)45-39(33)24-29/h2,4-24H,1,3H2. The first-order valence-electron chi connectivity index (χ1n) is 15.6. The van der Waals surface area contributed by atoms with Gasteiger partial charge in [0.05, 0.1) is 0 Å². The van der Waals surface area contributed by atoms with Crippen LogP contribution in [0.2, 0.25) is 0 Å². The summed E-state index contributed by atoms with van der Waals surface area (Å²) in [5, 5.41) is 6.49. The Morgan fingerprint density at radius 1 is 0.522 bits per heavy atom. The van der Waals surface area contributed by atoms with Crippen LogP contribution >= 0.6 is 0 Å². The molecule has 6 aromatic carbocycles. The zero-order chi connectivity index (χ0) is 30.2. The highest BCUT2D eigenvalue weighted by Gasteiger charge is 2.19. The van der Waals surface area contributed by atoms with Crippen LogP contribution < -0.4 is 4.90 Å². The van der Waals surface area contributed by atoms with Gasteiger partial charge in [0.25, 0.3) is 0 Å². The van der Waals surface area contributed by atoms with E-state index in [4.69, 9.17) is 18.2 Å². The summed E-state index contributed by atoms with van der Waals surface area (Å²) < 4.78 is 18.9.